The van der Waals surface area contributed by atoms with E-state index in [9.17, 15) is 18.0 Å². The maximum Gasteiger partial charge on any atom is 0.413 e. The van der Waals surface area contributed by atoms with E-state index in [1.54, 1.807) is 13.8 Å². The molecule has 1 unspecified atom stereocenters. The number of amides is 2. The second kappa shape index (κ2) is 10.4. The third-order valence-electron chi connectivity index (χ3n) is 3.50. The predicted octanol–water partition coefficient (Wildman–Crippen LogP) is 3.13. The number of sulfonamides is 1. The van der Waals surface area contributed by atoms with Gasteiger partial charge in [-0.25, -0.2) is 17.5 Å². The number of carbonyl (C=O) groups is 2. The second-order valence-electron chi connectivity index (χ2n) is 5.90. The Morgan fingerprint density at radius 2 is 2.00 bits per heavy atom. The van der Waals surface area contributed by atoms with E-state index in [4.69, 9.17) is 16.3 Å². The summed E-state index contributed by atoms with van der Waals surface area (Å²) in [5.41, 5.74) is 0.291. The molecule has 14 heteroatoms. The molecule has 2 N–H and O–H groups in total. The monoisotopic (exact) mass is 493 g/mol. The topological polar surface area (TPSA) is 131 Å². The SMILES string of the molecule is CCOC(=O)Nc1nnc(SC(C)C(=O)Nc2ccc(Cl)c(S(=O)(=O)N(C)C)c2)s1. The van der Waals surface area contributed by atoms with Gasteiger partial charge in [-0.1, -0.05) is 34.7 Å². The average Bonchev–Trinajstić information content (AvgIpc) is 3.09. The molecule has 0 aliphatic carbocycles. The number of carbonyl (C=O) groups excluding carboxylic acids is 2. The lowest BCUT2D eigenvalue weighted by atomic mass is 10.3. The highest BCUT2D eigenvalue weighted by molar-refractivity contribution is 8.02. The number of rotatable bonds is 8. The number of aromatic nitrogens is 2. The summed E-state index contributed by atoms with van der Waals surface area (Å²) < 4.78 is 31.0. The minimum absolute atomic E-state index is 0.0552. The van der Waals surface area contributed by atoms with Crippen molar-refractivity contribution >= 4 is 67.5 Å². The van der Waals surface area contributed by atoms with E-state index in [2.05, 4.69) is 20.8 Å². The molecule has 0 aliphatic rings. The standard InChI is InChI=1S/C16H20ClN5O5S3/c1-5-27-15(24)19-14-20-21-16(29-14)28-9(2)13(23)18-10-6-7-11(17)12(8-10)30(25,26)22(3)4/h6-9H,5H2,1-4H3,(H,18,23)(H,19,20,24). The Bertz CT molecular complexity index is 1030. The molecule has 1 heterocycles. The van der Waals surface area contributed by atoms with E-state index < -0.39 is 21.4 Å². The number of hydrogen-bond donors (Lipinski definition) is 2. The van der Waals surface area contributed by atoms with Crippen LogP contribution in [0.1, 0.15) is 13.8 Å². The number of halogens is 1. The fourth-order valence-electron chi connectivity index (χ4n) is 1.99. The maximum absolute atomic E-state index is 12.5. The molecule has 10 nitrogen and oxygen atoms in total. The molecule has 30 heavy (non-hydrogen) atoms. The molecule has 2 rings (SSSR count). The van der Waals surface area contributed by atoms with Gasteiger partial charge in [-0.3, -0.25) is 10.1 Å². The van der Waals surface area contributed by atoms with E-state index in [0.29, 0.717) is 10.0 Å². The summed E-state index contributed by atoms with van der Waals surface area (Å²) in [6.45, 7) is 3.57. The summed E-state index contributed by atoms with van der Waals surface area (Å²) in [4.78, 5) is 23.8. The molecular formula is C16H20ClN5O5S3. The molecule has 2 amide bonds. The van der Waals surface area contributed by atoms with Crippen molar-refractivity contribution in [2.75, 3.05) is 31.3 Å². The normalized spacial score (nSPS) is 12.5. The van der Waals surface area contributed by atoms with Gasteiger partial charge in [0.05, 0.1) is 16.9 Å². The van der Waals surface area contributed by atoms with Gasteiger partial charge in [0, 0.05) is 19.8 Å². The zero-order chi connectivity index (χ0) is 22.5. The van der Waals surface area contributed by atoms with Gasteiger partial charge in [-0.15, -0.1) is 10.2 Å². The van der Waals surface area contributed by atoms with E-state index in [0.717, 1.165) is 27.4 Å². The molecule has 0 fully saturated rings. The Kier molecular flexibility index (Phi) is 8.43. The number of hydrogen-bond acceptors (Lipinski definition) is 9. The minimum atomic E-state index is -3.76. The van der Waals surface area contributed by atoms with Gasteiger partial charge in [0.15, 0.2) is 4.34 Å². The molecule has 0 bridgehead atoms. The van der Waals surface area contributed by atoms with Crippen molar-refractivity contribution < 1.29 is 22.7 Å². The molecule has 0 radical (unpaired) electrons. The first-order valence-corrected chi connectivity index (χ1v) is 12.0. The van der Waals surface area contributed by atoms with Crippen LogP contribution in [0.4, 0.5) is 15.6 Å². The highest BCUT2D eigenvalue weighted by atomic mass is 35.5. The Morgan fingerprint density at radius 3 is 2.63 bits per heavy atom. The highest BCUT2D eigenvalue weighted by Crippen LogP contribution is 2.30. The number of anilines is 2. The fourth-order valence-corrected chi connectivity index (χ4v) is 5.26. The van der Waals surface area contributed by atoms with Crippen LogP contribution in [0.5, 0.6) is 0 Å². The summed E-state index contributed by atoms with van der Waals surface area (Å²) in [5, 5.41) is 12.6. The first kappa shape index (κ1) is 24.3. The van der Waals surface area contributed by atoms with Crippen LogP contribution in [-0.4, -0.2) is 60.9 Å². The fraction of sp³-hybridized carbons (Fsp3) is 0.375. The maximum atomic E-state index is 12.5. The van der Waals surface area contributed by atoms with Crippen LogP contribution >= 0.6 is 34.7 Å². The lowest BCUT2D eigenvalue weighted by Crippen LogP contribution is -2.24. The lowest BCUT2D eigenvalue weighted by Gasteiger charge is -2.15. The molecular weight excluding hydrogens is 474 g/mol. The van der Waals surface area contributed by atoms with Crippen LogP contribution in [0, 0.1) is 0 Å². The van der Waals surface area contributed by atoms with Gasteiger partial charge >= 0.3 is 6.09 Å². The van der Waals surface area contributed by atoms with Crippen molar-refractivity contribution in [3.63, 3.8) is 0 Å². The molecule has 164 valence electrons. The van der Waals surface area contributed by atoms with E-state index in [-0.39, 0.29) is 27.6 Å². The molecule has 0 saturated carbocycles. The highest BCUT2D eigenvalue weighted by Gasteiger charge is 2.23. The predicted molar refractivity (Wildman–Crippen MR) is 117 cm³/mol. The van der Waals surface area contributed by atoms with Gasteiger partial charge in [0.1, 0.15) is 4.90 Å². The number of nitrogens with zero attached hydrogens (tertiary/aromatic N) is 3. The molecule has 1 aromatic carbocycles. The quantitative estimate of drug-likeness (QED) is 0.423. The van der Waals surface area contributed by atoms with E-state index in [1.165, 1.54) is 32.3 Å². The molecule has 2 aromatic rings. The van der Waals surface area contributed by atoms with Crippen molar-refractivity contribution in [2.45, 2.75) is 28.3 Å². The van der Waals surface area contributed by atoms with Gasteiger partial charge in [-0.05, 0) is 32.0 Å². The third kappa shape index (κ3) is 6.28. The number of benzene rings is 1. The Morgan fingerprint density at radius 1 is 1.30 bits per heavy atom. The Labute approximate surface area is 187 Å². The summed E-state index contributed by atoms with van der Waals surface area (Å²) in [5.74, 6) is -0.370. The van der Waals surface area contributed by atoms with Gasteiger partial charge in [-0.2, -0.15) is 0 Å². The Hall–Kier alpha value is -1.93. The van der Waals surface area contributed by atoms with Crippen LogP contribution in [0.2, 0.25) is 5.02 Å². The van der Waals surface area contributed by atoms with Crippen molar-refractivity contribution in [3.8, 4) is 0 Å². The van der Waals surface area contributed by atoms with Gasteiger partial charge < -0.3 is 10.1 Å². The van der Waals surface area contributed by atoms with Crippen LogP contribution in [-0.2, 0) is 19.6 Å². The van der Waals surface area contributed by atoms with Crippen molar-refractivity contribution in [2.24, 2.45) is 0 Å². The first-order valence-electron chi connectivity index (χ1n) is 8.51. The molecule has 0 aliphatic heterocycles. The van der Waals surface area contributed by atoms with Crippen LogP contribution in [0.15, 0.2) is 27.4 Å². The van der Waals surface area contributed by atoms with Crippen LogP contribution in [0.25, 0.3) is 0 Å². The van der Waals surface area contributed by atoms with Gasteiger partial charge in [0.25, 0.3) is 0 Å². The van der Waals surface area contributed by atoms with Crippen molar-refractivity contribution in [1.29, 1.82) is 0 Å². The smallest absolute Gasteiger partial charge is 0.413 e. The molecule has 0 spiro atoms. The third-order valence-corrected chi connectivity index (χ3v) is 7.81. The molecule has 0 saturated heterocycles. The van der Waals surface area contributed by atoms with Crippen LogP contribution < -0.4 is 10.6 Å². The minimum Gasteiger partial charge on any atom is -0.450 e. The first-order chi connectivity index (χ1) is 14.0. The summed E-state index contributed by atoms with van der Waals surface area (Å²) in [6.07, 6.45) is -0.637. The lowest BCUT2D eigenvalue weighted by molar-refractivity contribution is -0.115. The zero-order valence-corrected chi connectivity index (χ0v) is 19.7. The van der Waals surface area contributed by atoms with E-state index >= 15 is 0 Å². The molecule has 1 atom stereocenters. The van der Waals surface area contributed by atoms with Crippen molar-refractivity contribution in [1.82, 2.24) is 14.5 Å². The van der Waals surface area contributed by atoms with E-state index in [1.807, 2.05) is 0 Å². The number of ether oxygens (including phenoxy) is 1. The summed E-state index contributed by atoms with van der Waals surface area (Å²) in [6, 6.07) is 4.22. The number of nitrogens with one attached hydrogen (secondary N) is 2. The van der Waals surface area contributed by atoms with Crippen molar-refractivity contribution in [3.05, 3.63) is 23.2 Å². The Balaban J connectivity index is 2.05. The second-order valence-corrected chi connectivity index (χ2v) is 11.0. The number of thioether (sulfide) groups is 1. The summed E-state index contributed by atoms with van der Waals surface area (Å²) in [7, 11) is -0.979. The average molecular weight is 494 g/mol. The van der Waals surface area contributed by atoms with Gasteiger partial charge in [0.2, 0.25) is 21.1 Å². The summed E-state index contributed by atoms with van der Waals surface area (Å²) >= 11 is 8.25. The van der Waals surface area contributed by atoms with Crippen LogP contribution in [0.3, 0.4) is 0 Å². The zero-order valence-electron chi connectivity index (χ0n) is 16.5. The molecule has 1 aromatic heterocycles. The largest absolute Gasteiger partial charge is 0.450 e.